The van der Waals surface area contributed by atoms with Gasteiger partial charge in [0.2, 0.25) is 5.95 Å². The first-order valence-corrected chi connectivity index (χ1v) is 7.24. The summed E-state index contributed by atoms with van der Waals surface area (Å²) in [6.07, 6.45) is 3.49. The lowest BCUT2D eigenvalue weighted by Crippen LogP contribution is -2.05. The van der Waals surface area contributed by atoms with Gasteiger partial charge in [-0.15, -0.1) is 0 Å². The van der Waals surface area contributed by atoms with E-state index in [2.05, 4.69) is 25.4 Å². The molecule has 0 saturated heterocycles. The van der Waals surface area contributed by atoms with Crippen molar-refractivity contribution in [2.75, 3.05) is 19.5 Å². The first kappa shape index (κ1) is 15.0. The van der Waals surface area contributed by atoms with Crippen LogP contribution in [0.15, 0.2) is 36.7 Å². The van der Waals surface area contributed by atoms with Crippen LogP contribution in [0.1, 0.15) is 11.4 Å². The normalized spacial score (nSPS) is 10.6. The zero-order valence-corrected chi connectivity index (χ0v) is 13.3. The Kier molecular flexibility index (Phi) is 4.18. The van der Waals surface area contributed by atoms with Crippen LogP contribution in [0.2, 0.25) is 0 Å². The highest BCUT2D eigenvalue weighted by Crippen LogP contribution is 2.19. The highest BCUT2D eigenvalue weighted by Gasteiger charge is 2.11. The summed E-state index contributed by atoms with van der Waals surface area (Å²) in [6.45, 7) is 2.49. The highest BCUT2D eigenvalue weighted by atomic mass is 16.5. The van der Waals surface area contributed by atoms with Crippen LogP contribution >= 0.6 is 0 Å². The maximum absolute atomic E-state index is 5.18. The smallest absolute Gasteiger partial charge is 0.222 e. The number of anilines is 1. The standard InChI is InChI=1S/C16H18N6O/c1-11-20-15(13-8-18-16(17-2)19-9-13)22(21-11)10-12-4-6-14(23-3)7-5-12/h4-9H,10H2,1-3H3,(H,17,18,19). The lowest BCUT2D eigenvalue weighted by atomic mass is 10.2. The van der Waals surface area contributed by atoms with Gasteiger partial charge in [-0.25, -0.2) is 19.6 Å². The van der Waals surface area contributed by atoms with Gasteiger partial charge in [0.05, 0.1) is 19.2 Å². The molecule has 0 fully saturated rings. The average molecular weight is 310 g/mol. The molecule has 23 heavy (non-hydrogen) atoms. The van der Waals surface area contributed by atoms with Gasteiger partial charge < -0.3 is 10.1 Å². The van der Waals surface area contributed by atoms with Crippen LogP contribution < -0.4 is 10.1 Å². The van der Waals surface area contributed by atoms with Crippen molar-refractivity contribution in [2.45, 2.75) is 13.5 Å². The monoisotopic (exact) mass is 310 g/mol. The summed E-state index contributed by atoms with van der Waals surface area (Å²) in [5.41, 5.74) is 1.95. The summed E-state index contributed by atoms with van der Waals surface area (Å²) in [7, 11) is 3.44. The Morgan fingerprint density at radius 1 is 1.13 bits per heavy atom. The summed E-state index contributed by atoms with van der Waals surface area (Å²) in [4.78, 5) is 13.0. The molecule has 0 radical (unpaired) electrons. The molecule has 0 atom stereocenters. The van der Waals surface area contributed by atoms with Crippen LogP contribution in [0.3, 0.4) is 0 Å². The Labute approximate surface area is 134 Å². The second-order valence-electron chi connectivity index (χ2n) is 5.03. The highest BCUT2D eigenvalue weighted by molar-refractivity contribution is 5.53. The molecule has 118 valence electrons. The van der Waals surface area contributed by atoms with Gasteiger partial charge in [-0.1, -0.05) is 12.1 Å². The average Bonchev–Trinajstić information content (AvgIpc) is 2.96. The molecule has 0 saturated carbocycles. The van der Waals surface area contributed by atoms with Crippen LogP contribution in [0, 0.1) is 6.92 Å². The molecule has 2 heterocycles. The minimum absolute atomic E-state index is 0.576. The molecule has 3 aromatic rings. The van der Waals surface area contributed by atoms with Crippen molar-refractivity contribution in [2.24, 2.45) is 0 Å². The van der Waals surface area contributed by atoms with Gasteiger partial charge in [0.15, 0.2) is 5.82 Å². The Morgan fingerprint density at radius 2 is 1.83 bits per heavy atom. The van der Waals surface area contributed by atoms with E-state index < -0.39 is 0 Å². The van der Waals surface area contributed by atoms with Gasteiger partial charge in [-0.3, -0.25) is 0 Å². The fourth-order valence-corrected chi connectivity index (χ4v) is 2.26. The molecular formula is C16H18N6O. The molecule has 1 N–H and O–H groups in total. The molecule has 3 rings (SSSR count). The Bertz CT molecular complexity index is 779. The molecular weight excluding hydrogens is 292 g/mol. The molecule has 7 heteroatoms. The van der Waals surface area contributed by atoms with E-state index in [1.807, 2.05) is 35.9 Å². The molecule has 0 amide bonds. The van der Waals surface area contributed by atoms with Gasteiger partial charge >= 0.3 is 0 Å². The Balaban J connectivity index is 1.89. The molecule has 0 aliphatic rings. The van der Waals surface area contributed by atoms with Crippen molar-refractivity contribution in [3.05, 3.63) is 48.0 Å². The SMILES string of the molecule is CNc1ncc(-c2nc(C)nn2Cc2ccc(OC)cc2)cn1. The largest absolute Gasteiger partial charge is 0.497 e. The van der Waals surface area contributed by atoms with Gasteiger partial charge in [-0.05, 0) is 24.6 Å². The van der Waals surface area contributed by atoms with E-state index in [1.54, 1.807) is 26.6 Å². The first-order valence-electron chi connectivity index (χ1n) is 7.24. The molecule has 0 bridgehead atoms. The summed E-state index contributed by atoms with van der Waals surface area (Å²) >= 11 is 0. The van der Waals surface area contributed by atoms with Crippen molar-refractivity contribution in [1.29, 1.82) is 0 Å². The quantitative estimate of drug-likeness (QED) is 0.778. The van der Waals surface area contributed by atoms with E-state index in [0.717, 1.165) is 22.7 Å². The predicted octanol–water partition coefficient (Wildman–Crippen LogP) is 2.14. The second-order valence-corrected chi connectivity index (χ2v) is 5.03. The Hall–Kier alpha value is -2.96. The van der Waals surface area contributed by atoms with E-state index in [9.17, 15) is 0 Å². The maximum Gasteiger partial charge on any atom is 0.222 e. The fourth-order valence-electron chi connectivity index (χ4n) is 2.26. The third-order valence-electron chi connectivity index (χ3n) is 3.40. The fraction of sp³-hybridized carbons (Fsp3) is 0.250. The summed E-state index contributed by atoms with van der Waals surface area (Å²) in [5, 5.41) is 7.37. The molecule has 0 aliphatic carbocycles. The van der Waals surface area contributed by atoms with Crippen LogP contribution in [0.25, 0.3) is 11.4 Å². The lowest BCUT2D eigenvalue weighted by Gasteiger charge is -2.07. The molecule has 0 spiro atoms. The number of hydrogen-bond acceptors (Lipinski definition) is 6. The van der Waals surface area contributed by atoms with Crippen molar-refractivity contribution in [3.63, 3.8) is 0 Å². The Morgan fingerprint density at radius 3 is 2.43 bits per heavy atom. The summed E-state index contributed by atoms with van der Waals surface area (Å²) in [5.74, 6) is 2.87. The summed E-state index contributed by atoms with van der Waals surface area (Å²) < 4.78 is 7.04. The molecule has 1 aromatic carbocycles. The topological polar surface area (TPSA) is 77.8 Å². The van der Waals surface area contributed by atoms with E-state index in [4.69, 9.17) is 4.74 Å². The number of nitrogens with one attached hydrogen (secondary N) is 1. The molecule has 2 aromatic heterocycles. The van der Waals surface area contributed by atoms with Crippen molar-refractivity contribution in [3.8, 4) is 17.1 Å². The number of methoxy groups -OCH3 is 1. The maximum atomic E-state index is 5.18. The van der Waals surface area contributed by atoms with Gasteiger partial charge in [0.1, 0.15) is 11.6 Å². The third-order valence-corrected chi connectivity index (χ3v) is 3.40. The second kappa shape index (κ2) is 6.43. The number of hydrogen-bond donors (Lipinski definition) is 1. The van der Waals surface area contributed by atoms with Crippen LogP contribution in [-0.2, 0) is 6.54 Å². The molecule has 0 aliphatic heterocycles. The van der Waals surface area contributed by atoms with Gasteiger partial charge in [0.25, 0.3) is 0 Å². The van der Waals surface area contributed by atoms with Crippen molar-refractivity contribution >= 4 is 5.95 Å². The number of nitrogens with zero attached hydrogens (tertiary/aromatic N) is 5. The zero-order chi connectivity index (χ0) is 16.2. The number of ether oxygens (including phenoxy) is 1. The van der Waals surface area contributed by atoms with Crippen LogP contribution in [0.5, 0.6) is 5.75 Å². The number of aromatic nitrogens is 5. The van der Waals surface area contributed by atoms with E-state index in [1.165, 1.54) is 0 Å². The van der Waals surface area contributed by atoms with Gasteiger partial charge in [-0.2, -0.15) is 5.10 Å². The minimum atomic E-state index is 0.576. The molecule has 7 nitrogen and oxygen atoms in total. The van der Waals surface area contributed by atoms with E-state index in [-0.39, 0.29) is 0 Å². The van der Waals surface area contributed by atoms with E-state index >= 15 is 0 Å². The molecule has 0 unspecified atom stereocenters. The third kappa shape index (κ3) is 3.28. The predicted molar refractivity (Wildman–Crippen MR) is 87.4 cm³/mol. The van der Waals surface area contributed by atoms with Crippen molar-refractivity contribution < 1.29 is 4.74 Å². The van der Waals surface area contributed by atoms with Crippen molar-refractivity contribution in [1.82, 2.24) is 24.7 Å². The van der Waals surface area contributed by atoms with Crippen LogP contribution in [-0.4, -0.2) is 38.9 Å². The number of aryl methyl sites for hydroxylation is 1. The number of rotatable bonds is 5. The minimum Gasteiger partial charge on any atom is -0.497 e. The van der Waals surface area contributed by atoms with E-state index in [0.29, 0.717) is 18.3 Å². The lowest BCUT2D eigenvalue weighted by molar-refractivity contribution is 0.414. The summed E-state index contributed by atoms with van der Waals surface area (Å²) in [6, 6.07) is 7.90. The number of benzene rings is 1. The first-order chi connectivity index (χ1) is 11.2. The zero-order valence-electron chi connectivity index (χ0n) is 13.3. The van der Waals surface area contributed by atoms with Crippen LogP contribution in [0.4, 0.5) is 5.95 Å². The van der Waals surface area contributed by atoms with Gasteiger partial charge in [0, 0.05) is 19.4 Å².